The van der Waals surface area contributed by atoms with Gasteiger partial charge in [0.1, 0.15) is 6.04 Å². The highest BCUT2D eigenvalue weighted by atomic mass is 32.2. The van der Waals surface area contributed by atoms with Gasteiger partial charge in [-0.1, -0.05) is 13.8 Å². The number of thioether (sulfide) groups is 1. The minimum atomic E-state index is -0.905. The largest absolute Gasteiger partial charge is 0.480 e. The number of nitrogens with one attached hydrogen (secondary N) is 1. The number of aliphatic carboxylic acids is 1. The molecule has 0 spiro atoms. The van der Waals surface area contributed by atoms with E-state index in [1.807, 2.05) is 34.6 Å². The molecule has 0 bridgehead atoms. The van der Waals surface area contributed by atoms with Crippen LogP contribution in [0.25, 0.3) is 0 Å². The molecule has 1 heterocycles. The third-order valence-electron chi connectivity index (χ3n) is 3.17. The molecule has 1 amide bonds. The minimum Gasteiger partial charge on any atom is -0.480 e. The lowest BCUT2D eigenvalue weighted by atomic mass is 10.1. The van der Waals surface area contributed by atoms with Crippen molar-refractivity contribution in [2.45, 2.75) is 58.0 Å². The summed E-state index contributed by atoms with van der Waals surface area (Å²) in [5, 5.41) is 12.5. The molecular formula is C14H26N2O3S. The summed E-state index contributed by atoms with van der Waals surface area (Å²) in [5.41, 5.74) is -0.0380. The second-order valence-corrected chi connectivity index (χ2v) is 7.70. The summed E-state index contributed by atoms with van der Waals surface area (Å²) in [6.45, 7) is 10.7. The fourth-order valence-corrected chi connectivity index (χ4v) is 3.71. The molecule has 0 aromatic heterocycles. The van der Waals surface area contributed by atoms with Crippen LogP contribution in [0.4, 0.5) is 0 Å². The smallest absolute Gasteiger partial charge is 0.327 e. The lowest BCUT2D eigenvalue weighted by Crippen LogP contribution is -2.48. The van der Waals surface area contributed by atoms with Gasteiger partial charge in [-0.15, -0.1) is 11.8 Å². The summed E-state index contributed by atoms with van der Waals surface area (Å²) in [5.74, 6) is -0.240. The SMILES string of the molecule is CC(C)C1SCC(C(=O)O)N1C(=O)CCNC(C)(C)C. The van der Waals surface area contributed by atoms with Crippen molar-refractivity contribution in [1.29, 1.82) is 0 Å². The van der Waals surface area contributed by atoms with Gasteiger partial charge in [0.15, 0.2) is 0 Å². The summed E-state index contributed by atoms with van der Waals surface area (Å²) < 4.78 is 0. The van der Waals surface area contributed by atoms with E-state index in [9.17, 15) is 14.7 Å². The van der Waals surface area contributed by atoms with E-state index in [-0.39, 0.29) is 22.7 Å². The van der Waals surface area contributed by atoms with Gasteiger partial charge in [0.25, 0.3) is 0 Å². The molecule has 0 aliphatic carbocycles. The summed E-state index contributed by atoms with van der Waals surface area (Å²) in [7, 11) is 0. The van der Waals surface area contributed by atoms with Crippen molar-refractivity contribution < 1.29 is 14.7 Å². The second kappa shape index (κ2) is 6.80. The van der Waals surface area contributed by atoms with E-state index in [1.165, 1.54) is 0 Å². The highest BCUT2D eigenvalue weighted by Crippen LogP contribution is 2.34. The van der Waals surface area contributed by atoms with Crippen LogP contribution in [0.2, 0.25) is 0 Å². The molecule has 2 atom stereocenters. The lowest BCUT2D eigenvalue weighted by Gasteiger charge is -2.30. The van der Waals surface area contributed by atoms with Crippen LogP contribution in [0.5, 0.6) is 0 Å². The zero-order chi connectivity index (χ0) is 15.5. The summed E-state index contributed by atoms with van der Waals surface area (Å²) in [6.07, 6.45) is 0.338. The Labute approximate surface area is 125 Å². The van der Waals surface area contributed by atoms with Crippen molar-refractivity contribution >= 4 is 23.6 Å². The summed E-state index contributed by atoms with van der Waals surface area (Å²) >= 11 is 1.57. The molecule has 0 aromatic rings. The van der Waals surface area contributed by atoms with E-state index in [2.05, 4.69) is 5.32 Å². The molecule has 1 fully saturated rings. The van der Waals surface area contributed by atoms with Crippen molar-refractivity contribution in [2.75, 3.05) is 12.3 Å². The van der Waals surface area contributed by atoms with Gasteiger partial charge in [-0.3, -0.25) is 4.79 Å². The third kappa shape index (κ3) is 4.66. The first-order chi connectivity index (χ1) is 9.13. The Bertz CT molecular complexity index is 366. The molecule has 20 heavy (non-hydrogen) atoms. The van der Waals surface area contributed by atoms with E-state index < -0.39 is 12.0 Å². The van der Waals surface area contributed by atoms with E-state index in [0.717, 1.165) is 0 Å². The first-order valence-corrected chi connectivity index (χ1v) is 8.09. The Hall–Kier alpha value is -0.750. The standard InChI is InChI=1S/C14H26N2O3S/c1-9(2)12-16(10(8-20-12)13(18)19)11(17)6-7-15-14(3,4)5/h9-10,12,15H,6-8H2,1-5H3,(H,18,19). The number of rotatable bonds is 5. The van der Waals surface area contributed by atoms with Crippen LogP contribution in [-0.4, -0.2) is 51.1 Å². The van der Waals surface area contributed by atoms with Gasteiger partial charge in [-0.05, 0) is 26.7 Å². The van der Waals surface area contributed by atoms with Crippen molar-refractivity contribution in [1.82, 2.24) is 10.2 Å². The number of amides is 1. The Kier molecular flexibility index (Phi) is 5.89. The average Bonchev–Trinajstić information content (AvgIpc) is 2.71. The Balaban J connectivity index is 2.67. The molecule has 6 heteroatoms. The third-order valence-corrected chi connectivity index (χ3v) is 4.79. The van der Waals surface area contributed by atoms with Crippen LogP contribution in [-0.2, 0) is 9.59 Å². The number of carbonyl (C=O) groups is 2. The zero-order valence-corrected chi connectivity index (χ0v) is 13.8. The van der Waals surface area contributed by atoms with Crippen LogP contribution in [0.15, 0.2) is 0 Å². The maximum absolute atomic E-state index is 12.4. The maximum atomic E-state index is 12.4. The van der Waals surface area contributed by atoms with Crippen molar-refractivity contribution in [3.63, 3.8) is 0 Å². The van der Waals surface area contributed by atoms with Gasteiger partial charge in [-0.25, -0.2) is 4.79 Å². The average molecular weight is 302 g/mol. The number of hydrogen-bond acceptors (Lipinski definition) is 4. The van der Waals surface area contributed by atoms with Crippen LogP contribution < -0.4 is 5.32 Å². The first-order valence-electron chi connectivity index (χ1n) is 7.04. The van der Waals surface area contributed by atoms with E-state index >= 15 is 0 Å². The fraction of sp³-hybridized carbons (Fsp3) is 0.857. The molecule has 5 nitrogen and oxygen atoms in total. The van der Waals surface area contributed by atoms with Crippen LogP contribution in [0.3, 0.4) is 0 Å². The van der Waals surface area contributed by atoms with Gasteiger partial charge in [0.05, 0.1) is 5.37 Å². The summed E-state index contributed by atoms with van der Waals surface area (Å²) in [4.78, 5) is 25.2. The molecule has 0 saturated carbocycles. The Morgan fingerprint density at radius 3 is 2.45 bits per heavy atom. The van der Waals surface area contributed by atoms with Crippen molar-refractivity contribution in [3.05, 3.63) is 0 Å². The number of carboxylic acid groups (broad SMARTS) is 1. The normalized spacial score (nSPS) is 23.4. The predicted molar refractivity (Wildman–Crippen MR) is 81.7 cm³/mol. The number of hydrogen-bond donors (Lipinski definition) is 2. The van der Waals surface area contributed by atoms with E-state index in [0.29, 0.717) is 18.7 Å². The van der Waals surface area contributed by atoms with Crippen LogP contribution >= 0.6 is 11.8 Å². The minimum absolute atomic E-state index is 0.0294. The molecule has 1 aliphatic rings. The van der Waals surface area contributed by atoms with E-state index in [1.54, 1.807) is 16.7 Å². The van der Waals surface area contributed by atoms with E-state index in [4.69, 9.17) is 0 Å². The maximum Gasteiger partial charge on any atom is 0.327 e. The molecule has 0 aromatic carbocycles. The molecule has 1 rings (SSSR count). The van der Waals surface area contributed by atoms with Gasteiger partial charge in [0.2, 0.25) is 5.91 Å². The summed E-state index contributed by atoms with van der Waals surface area (Å²) in [6, 6.07) is -0.686. The van der Waals surface area contributed by atoms with Crippen LogP contribution in [0, 0.1) is 5.92 Å². The molecule has 0 radical (unpaired) electrons. The highest BCUT2D eigenvalue weighted by Gasteiger charge is 2.42. The molecule has 1 saturated heterocycles. The van der Waals surface area contributed by atoms with Crippen LogP contribution in [0.1, 0.15) is 41.0 Å². The molecule has 2 unspecified atom stereocenters. The first kappa shape index (κ1) is 17.3. The van der Waals surface area contributed by atoms with Crippen molar-refractivity contribution in [3.8, 4) is 0 Å². The monoisotopic (exact) mass is 302 g/mol. The fourth-order valence-electron chi connectivity index (χ4n) is 2.22. The molecule has 1 aliphatic heterocycles. The lowest BCUT2D eigenvalue weighted by molar-refractivity contribution is -0.149. The quantitative estimate of drug-likeness (QED) is 0.810. The second-order valence-electron chi connectivity index (χ2n) is 6.55. The Morgan fingerprint density at radius 1 is 1.40 bits per heavy atom. The highest BCUT2D eigenvalue weighted by molar-refractivity contribution is 8.00. The molecule has 116 valence electrons. The topological polar surface area (TPSA) is 69.6 Å². The number of carbonyl (C=O) groups excluding carboxylic acids is 1. The van der Waals surface area contributed by atoms with Gasteiger partial charge >= 0.3 is 5.97 Å². The number of carboxylic acids is 1. The molecule has 2 N–H and O–H groups in total. The van der Waals surface area contributed by atoms with Gasteiger partial charge in [-0.2, -0.15) is 0 Å². The Morgan fingerprint density at radius 2 is 2.00 bits per heavy atom. The predicted octanol–water partition coefficient (Wildman–Crippen LogP) is 1.78. The van der Waals surface area contributed by atoms with Gasteiger partial charge < -0.3 is 15.3 Å². The van der Waals surface area contributed by atoms with Crippen molar-refractivity contribution in [2.24, 2.45) is 5.92 Å². The van der Waals surface area contributed by atoms with Gasteiger partial charge in [0, 0.05) is 24.3 Å². The number of nitrogens with zero attached hydrogens (tertiary/aromatic N) is 1. The zero-order valence-electron chi connectivity index (χ0n) is 13.0. The molecular weight excluding hydrogens is 276 g/mol.